The third-order valence-corrected chi connectivity index (χ3v) is 4.49. The number of amides is 2. The molecule has 0 aromatic rings. The normalized spacial score (nSPS) is 17.6. The topological polar surface area (TPSA) is 66.6 Å². The minimum Gasteiger partial charge on any atom is -0.342 e. The van der Waals surface area contributed by atoms with Crippen molar-refractivity contribution in [1.29, 1.82) is 0 Å². The van der Waals surface area contributed by atoms with Gasteiger partial charge in [0.1, 0.15) is 0 Å². The summed E-state index contributed by atoms with van der Waals surface area (Å²) in [6.45, 7) is 5.80. The Labute approximate surface area is 122 Å². The quantitative estimate of drug-likeness (QED) is 0.797. The fraction of sp³-hybridized carbons (Fsp3) is 0.867. The van der Waals surface area contributed by atoms with Crippen molar-refractivity contribution in [3.8, 4) is 0 Å². The predicted molar refractivity (Wildman–Crippen MR) is 80.1 cm³/mol. The lowest BCUT2D eigenvalue weighted by Crippen LogP contribution is -2.50. The first-order chi connectivity index (χ1) is 9.50. The summed E-state index contributed by atoms with van der Waals surface area (Å²) >= 11 is 0. The van der Waals surface area contributed by atoms with E-state index in [0.29, 0.717) is 19.6 Å². The van der Waals surface area contributed by atoms with Gasteiger partial charge in [-0.15, -0.1) is 0 Å². The molecule has 5 heteroatoms. The molecule has 2 N–H and O–H groups in total. The smallest absolute Gasteiger partial charge is 0.242 e. The number of likely N-dealkylation sites (N-methyl/N-ethyl adjacent to an activating group) is 2. The van der Waals surface area contributed by atoms with Gasteiger partial charge in [0.2, 0.25) is 11.8 Å². The second-order valence-corrected chi connectivity index (χ2v) is 5.77. The van der Waals surface area contributed by atoms with Crippen molar-refractivity contribution >= 4 is 11.8 Å². The van der Waals surface area contributed by atoms with Gasteiger partial charge in [-0.1, -0.05) is 19.3 Å². The van der Waals surface area contributed by atoms with Gasteiger partial charge in [0.05, 0.1) is 12.0 Å². The molecule has 0 radical (unpaired) electrons. The predicted octanol–water partition coefficient (Wildman–Crippen LogP) is 1.22. The van der Waals surface area contributed by atoms with E-state index in [1.165, 1.54) is 6.42 Å². The Bertz CT molecular complexity index is 334. The highest BCUT2D eigenvalue weighted by atomic mass is 16.2. The van der Waals surface area contributed by atoms with Crippen LogP contribution in [-0.4, -0.2) is 54.8 Å². The van der Waals surface area contributed by atoms with Gasteiger partial charge in [-0.25, -0.2) is 0 Å². The van der Waals surface area contributed by atoms with Crippen LogP contribution in [0.2, 0.25) is 0 Å². The Morgan fingerprint density at radius 1 is 1.10 bits per heavy atom. The Hall–Kier alpha value is -1.10. The van der Waals surface area contributed by atoms with Gasteiger partial charge in [-0.2, -0.15) is 0 Å². The molecule has 0 spiro atoms. The molecule has 1 fully saturated rings. The maximum atomic E-state index is 12.7. The van der Waals surface area contributed by atoms with E-state index in [2.05, 4.69) is 0 Å². The van der Waals surface area contributed by atoms with E-state index in [1.807, 2.05) is 13.8 Å². The van der Waals surface area contributed by atoms with Crippen molar-refractivity contribution in [1.82, 2.24) is 9.80 Å². The van der Waals surface area contributed by atoms with Crippen LogP contribution in [0.5, 0.6) is 0 Å². The zero-order valence-electron chi connectivity index (χ0n) is 13.2. The number of hydrogen-bond donors (Lipinski definition) is 1. The molecule has 2 amide bonds. The molecule has 1 saturated carbocycles. The molecule has 1 aliphatic carbocycles. The molecule has 0 heterocycles. The van der Waals surface area contributed by atoms with Gasteiger partial charge >= 0.3 is 0 Å². The summed E-state index contributed by atoms with van der Waals surface area (Å²) in [5.41, 5.74) is 5.44. The van der Waals surface area contributed by atoms with E-state index in [1.54, 1.807) is 16.8 Å². The standard InChI is InChI=1S/C15H29N3O2/c1-4-18(5-2)13(19)11-17(3)14(20)15(12-16)9-7-6-8-10-15/h4-12,16H2,1-3H3. The Morgan fingerprint density at radius 3 is 2.10 bits per heavy atom. The maximum absolute atomic E-state index is 12.7. The average molecular weight is 283 g/mol. The molecule has 0 aromatic heterocycles. The third kappa shape index (κ3) is 3.72. The average Bonchev–Trinajstić information content (AvgIpc) is 2.48. The Morgan fingerprint density at radius 2 is 1.65 bits per heavy atom. The summed E-state index contributed by atoms with van der Waals surface area (Å²) in [5, 5.41) is 0. The minimum atomic E-state index is -0.434. The van der Waals surface area contributed by atoms with Crippen LogP contribution in [0.15, 0.2) is 0 Å². The summed E-state index contributed by atoms with van der Waals surface area (Å²) in [7, 11) is 1.72. The van der Waals surface area contributed by atoms with Crippen molar-refractivity contribution in [2.75, 3.05) is 33.2 Å². The van der Waals surface area contributed by atoms with E-state index < -0.39 is 5.41 Å². The molecular weight excluding hydrogens is 254 g/mol. The number of nitrogens with zero attached hydrogens (tertiary/aromatic N) is 2. The molecule has 0 aliphatic heterocycles. The molecule has 116 valence electrons. The first kappa shape index (κ1) is 17.0. The first-order valence-corrected chi connectivity index (χ1v) is 7.74. The van der Waals surface area contributed by atoms with Crippen LogP contribution in [0.25, 0.3) is 0 Å². The lowest BCUT2D eigenvalue weighted by atomic mass is 9.73. The van der Waals surface area contributed by atoms with E-state index in [-0.39, 0.29) is 18.4 Å². The van der Waals surface area contributed by atoms with Gasteiger partial charge < -0.3 is 15.5 Å². The molecule has 1 aliphatic rings. The lowest BCUT2D eigenvalue weighted by molar-refractivity contribution is -0.147. The molecule has 20 heavy (non-hydrogen) atoms. The molecule has 0 atom stereocenters. The van der Waals surface area contributed by atoms with Crippen LogP contribution < -0.4 is 5.73 Å². The van der Waals surface area contributed by atoms with Crippen LogP contribution in [-0.2, 0) is 9.59 Å². The Balaban J connectivity index is 2.67. The van der Waals surface area contributed by atoms with Gasteiger partial charge in [-0.05, 0) is 26.7 Å². The number of carbonyl (C=O) groups excluding carboxylic acids is 2. The number of carbonyl (C=O) groups is 2. The monoisotopic (exact) mass is 283 g/mol. The molecule has 0 bridgehead atoms. The van der Waals surface area contributed by atoms with Crippen molar-refractivity contribution in [2.24, 2.45) is 11.1 Å². The summed E-state index contributed by atoms with van der Waals surface area (Å²) < 4.78 is 0. The van der Waals surface area contributed by atoms with Gasteiger partial charge in [0.25, 0.3) is 0 Å². The summed E-state index contributed by atoms with van der Waals surface area (Å²) in [6, 6.07) is 0. The van der Waals surface area contributed by atoms with E-state index in [4.69, 9.17) is 5.73 Å². The van der Waals surface area contributed by atoms with Crippen LogP contribution >= 0.6 is 0 Å². The fourth-order valence-corrected chi connectivity index (χ4v) is 3.09. The zero-order chi connectivity index (χ0) is 15.2. The van der Waals surface area contributed by atoms with Crippen LogP contribution in [0.3, 0.4) is 0 Å². The van der Waals surface area contributed by atoms with Gasteiger partial charge in [0.15, 0.2) is 0 Å². The van der Waals surface area contributed by atoms with E-state index >= 15 is 0 Å². The van der Waals surface area contributed by atoms with Crippen LogP contribution in [0.4, 0.5) is 0 Å². The largest absolute Gasteiger partial charge is 0.342 e. The number of hydrogen-bond acceptors (Lipinski definition) is 3. The van der Waals surface area contributed by atoms with Crippen LogP contribution in [0, 0.1) is 5.41 Å². The second-order valence-electron chi connectivity index (χ2n) is 5.77. The SMILES string of the molecule is CCN(CC)C(=O)CN(C)C(=O)C1(CN)CCCCC1. The molecule has 0 unspecified atom stereocenters. The maximum Gasteiger partial charge on any atom is 0.242 e. The van der Waals surface area contributed by atoms with Gasteiger partial charge in [-0.3, -0.25) is 9.59 Å². The fourth-order valence-electron chi connectivity index (χ4n) is 3.09. The van der Waals surface area contributed by atoms with E-state index in [0.717, 1.165) is 25.7 Å². The van der Waals surface area contributed by atoms with E-state index in [9.17, 15) is 9.59 Å². The van der Waals surface area contributed by atoms with Crippen molar-refractivity contribution in [3.63, 3.8) is 0 Å². The zero-order valence-corrected chi connectivity index (χ0v) is 13.2. The third-order valence-electron chi connectivity index (χ3n) is 4.49. The molecular formula is C15H29N3O2. The highest BCUT2D eigenvalue weighted by molar-refractivity contribution is 5.88. The summed E-state index contributed by atoms with van der Waals surface area (Å²) in [6.07, 6.45) is 5.00. The van der Waals surface area contributed by atoms with Crippen LogP contribution in [0.1, 0.15) is 46.0 Å². The molecule has 5 nitrogen and oxygen atoms in total. The minimum absolute atomic E-state index is 0.00818. The molecule has 0 saturated heterocycles. The molecule has 1 rings (SSSR count). The highest BCUT2D eigenvalue weighted by Crippen LogP contribution is 2.36. The second kappa shape index (κ2) is 7.62. The number of rotatable bonds is 6. The number of nitrogens with two attached hydrogens (primary N) is 1. The molecule has 0 aromatic carbocycles. The van der Waals surface area contributed by atoms with Crippen molar-refractivity contribution in [2.45, 2.75) is 46.0 Å². The van der Waals surface area contributed by atoms with Gasteiger partial charge in [0, 0.05) is 26.7 Å². The Kier molecular flexibility index (Phi) is 6.46. The summed E-state index contributed by atoms with van der Waals surface area (Å²) in [4.78, 5) is 28.1. The summed E-state index contributed by atoms with van der Waals surface area (Å²) in [5.74, 6) is 0.0500. The first-order valence-electron chi connectivity index (χ1n) is 7.74. The van der Waals surface area contributed by atoms with Crippen molar-refractivity contribution in [3.05, 3.63) is 0 Å². The highest BCUT2D eigenvalue weighted by Gasteiger charge is 2.40. The van der Waals surface area contributed by atoms with Crippen molar-refractivity contribution < 1.29 is 9.59 Å². The lowest BCUT2D eigenvalue weighted by Gasteiger charge is -2.38.